The number of fused-ring (bicyclic) bond motifs is 1. The predicted octanol–water partition coefficient (Wildman–Crippen LogP) is 5.60. The van der Waals surface area contributed by atoms with Gasteiger partial charge in [0.15, 0.2) is 5.13 Å². The SMILES string of the molecule is COc1ccc(C)cc1/C(O)=C1\C(=O)C(=O)N(c2nc3ccc(Cl)cc3s2)C1c1ccc(O)cc1. The number of aromatic nitrogens is 1. The van der Waals surface area contributed by atoms with Crippen LogP contribution in [0, 0.1) is 6.92 Å². The van der Waals surface area contributed by atoms with Gasteiger partial charge in [0.05, 0.1) is 34.5 Å². The van der Waals surface area contributed by atoms with Gasteiger partial charge in [-0.3, -0.25) is 14.5 Å². The number of carbonyl (C=O) groups is 2. The van der Waals surface area contributed by atoms with E-state index in [2.05, 4.69) is 4.98 Å². The van der Waals surface area contributed by atoms with Crippen LogP contribution in [0.4, 0.5) is 5.13 Å². The van der Waals surface area contributed by atoms with Gasteiger partial charge in [0, 0.05) is 5.02 Å². The van der Waals surface area contributed by atoms with Crippen LogP contribution in [0.3, 0.4) is 0 Å². The normalized spacial score (nSPS) is 17.3. The van der Waals surface area contributed by atoms with Gasteiger partial charge in [0.25, 0.3) is 5.78 Å². The summed E-state index contributed by atoms with van der Waals surface area (Å²) < 4.78 is 6.15. The highest BCUT2D eigenvalue weighted by Crippen LogP contribution is 2.45. The Hall–Kier alpha value is -3.88. The van der Waals surface area contributed by atoms with E-state index in [-0.39, 0.29) is 22.2 Å². The van der Waals surface area contributed by atoms with Crippen molar-refractivity contribution in [2.24, 2.45) is 0 Å². The average molecular weight is 507 g/mol. The Morgan fingerprint density at radius 3 is 2.54 bits per heavy atom. The Kier molecular flexibility index (Phi) is 5.70. The molecule has 4 aromatic rings. The van der Waals surface area contributed by atoms with Gasteiger partial charge in [-0.15, -0.1) is 0 Å². The number of carbonyl (C=O) groups excluding carboxylic acids is 2. The lowest BCUT2D eigenvalue weighted by molar-refractivity contribution is -0.132. The molecule has 7 nitrogen and oxygen atoms in total. The summed E-state index contributed by atoms with van der Waals surface area (Å²) in [5.41, 5.74) is 2.19. The van der Waals surface area contributed by atoms with Crippen LogP contribution in [0.15, 0.2) is 66.2 Å². The van der Waals surface area contributed by atoms with Crippen molar-refractivity contribution in [3.05, 3.63) is 87.9 Å². The first kappa shape index (κ1) is 22.9. The second-order valence-electron chi connectivity index (χ2n) is 8.07. The van der Waals surface area contributed by atoms with Gasteiger partial charge in [0.1, 0.15) is 17.3 Å². The fourth-order valence-corrected chi connectivity index (χ4v) is 5.41. The number of rotatable bonds is 4. The van der Waals surface area contributed by atoms with Crippen molar-refractivity contribution in [2.45, 2.75) is 13.0 Å². The molecule has 1 atom stereocenters. The third-order valence-electron chi connectivity index (χ3n) is 5.81. The number of ether oxygens (including phenoxy) is 1. The van der Waals surface area contributed by atoms with Gasteiger partial charge in [-0.1, -0.05) is 46.7 Å². The van der Waals surface area contributed by atoms with Crippen LogP contribution >= 0.6 is 22.9 Å². The number of anilines is 1. The minimum Gasteiger partial charge on any atom is -0.508 e. The van der Waals surface area contributed by atoms with Crippen molar-refractivity contribution in [1.29, 1.82) is 0 Å². The lowest BCUT2D eigenvalue weighted by atomic mass is 9.94. The van der Waals surface area contributed by atoms with E-state index in [1.165, 1.54) is 35.5 Å². The number of aryl methyl sites for hydroxylation is 1. The number of methoxy groups -OCH3 is 1. The number of phenols is 1. The number of aliphatic hydroxyl groups excluding tert-OH is 1. The molecule has 35 heavy (non-hydrogen) atoms. The lowest BCUT2D eigenvalue weighted by Gasteiger charge is -2.23. The maximum Gasteiger partial charge on any atom is 0.301 e. The number of nitrogens with zero attached hydrogens (tertiary/aromatic N) is 2. The quantitative estimate of drug-likeness (QED) is 0.212. The molecule has 176 valence electrons. The van der Waals surface area contributed by atoms with Gasteiger partial charge < -0.3 is 14.9 Å². The number of phenolic OH excluding ortho intramolecular Hbond substituents is 1. The van der Waals surface area contributed by atoms with Crippen LogP contribution < -0.4 is 9.64 Å². The zero-order valence-electron chi connectivity index (χ0n) is 18.7. The number of amides is 1. The fourth-order valence-electron chi connectivity index (χ4n) is 4.14. The molecule has 1 aliphatic heterocycles. The Bertz CT molecular complexity index is 1530. The van der Waals surface area contributed by atoms with Gasteiger partial charge in [0.2, 0.25) is 0 Å². The molecule has 2 heterocycles. The summed E-state index contributed by atoms with van der Waals surface area (Å²) in [6, 6.07) is 15.5. The van der Waals surface area contributed by atoms with Crippen LogP contribution in [0.1, 0.15) is 22.7 Å². The number of benzene rings is 3. The molecule has 1 amide bonds. The summed E-state index contributed by atoms with van der Waals surface area (Å²) in [6.45, 7) is 1.85. The number of Topliss-reactive ketones (excluding diaryl/α,β-unsaturated/α-hetero) is 1. The highest BCUT2D eigenvalue weighted by Gasteiger charge is 2.48. The maximum absolute atomic E-state index is 13.4. The Morgan fingerprint density at radius 1 is 1.09 bits per heavy atom. The Balaban J connectivity index is 1.76. The first-order valence-electron chi connectivity index (χ1n) is 10.6. The van der Waals surface area contributed by atoms with Crippen LogP contribution in [0.25, 0.3) is 16.0 Å². The summed E-state index contributed by atoms with van der Waals surface area (Å²) in [5.74, 6) is -1.63. The summed E-state index contributed by atoms with van der Waals surface area (Å²) in [7, 11) is 1.46. The summed E-state index contributed by atoms with van der Waals surface area (Å²) >= 11 is 7.34. The number of ketones is 1. The van der Waals surface area contributed by atoms with Crippen LogP contribution in [0.5, 0.6) is 11.5 Å². The maximum atomic E-state index is 13.4. The molecule has 3 aromatic carbocycles. The number of aromatic hydroxyl groups is 1. The van der Waals surface area contributed by atoms with E-state index in [0.29, 0.717) is 27.4 Å². The number of halogens is 1. The van der Waals surface area contributed by atoms with E-state index in [0.717, 1.165) is 10.3 Å². The Morgan fingerprint density at radius 2 is 1.83 bits per heavy atom. The molecule has 1 unspecified atom stereocenters. The highest BCUT2D eigenvalue weighted by molar-refractivity contribution is 7.22. The second kappa shape index (κ2) is 8.72. The summed E-state index contributed by atoms with van der Waals surface area (Å²) in [4.78, 5) is 32.6. The number of hydrogen-bond donors (Lipinski definition) is 2. The number of thiazole rings is 1. The highest BCUT2D eigenvalue weighted by atomic mass is 35.5. The smallest absolute Gasteiger partial charge is 0.301 e. The Labute approximate surface area is 209 Å². The van der Waals surface area contributed by atoms with Gasteiger partial charge >= 0.3 is 5.91 Å². The molecule has 1 aromatic heterocycles. The van der Waals surface area contributed by atoms with E-state index in [1.54, 1.807) is 42.5 Å². The van der Waals surface area contributed by atoms with Crippen molar-refractivity contribution >= 4 is 55.7 Å². The molecule has 0 saturated carbocycles. The van der Waals surface area contributed by atoms with E-state index < -0.39 is 17.7 Å². The molecule has 1 saturated heterocycles. The van der Waals surface area contributed by atoms with Crippen molar-refractivity contribution in [2.75, 3.05) is 12.0 Å². The molecule has 9 heteroatoms. The molecule has 1 fully saturated rings. The van der Waals surface area contributed by atoms with E-state index in [9.17, 15) is 19.8 Å². The molecule has 0 spiro atoms. The van der Waals surface area contributed by atoms with Crippen LogP contribution in [-0.2, 0) is 9.59 Å². The average Bonchev–Trinajstić information content (AvgIpc) is 3.37. The third kappa shape index (κ3) is 3.90. The molecule has 2 N–H and O–H groups in total. The van der Waals surface area contributed by atoms with Crippen molar-refractivity contribution in [3.8, 4) is 11.5 Å². The largest absolute Gasteiger partial charge is 0.508 e. The van der Waals surface area contributed by atoms with Gasteiger partial charge in [-0.2, -0.15) is 0 Å². The summed E-state index contributed by atoms with van der Waals surface area (Å²) in [6.07, 6.45) is 0. The summed E-state index contributed by atoms with van der Waals surface area (Å²) in [5, 5.41) is 22.0. The van der Waals surface area contributed by atoms with Crippen molar-refractivity contribution in [3.63, 3.8) is 0 Å². The minimum atomic E-state index is -0.975. The minimum absolute atomic E-state index is 0.0284. The standard InChI is InChI=1S/C26H19ClN2O5S/c1-13-3-10-19(34-2)17(11-13)23(31)21-22(14-4-7-16(30)8-5-14)29(25(33)24(21)32)26-28-18-9-6-15(27)12-20(18)35-26/h3-12,22,30-31H,1-2H3/b23-21+. The predicted molar refractivity (Wildman–Crippen MR) is 135 cm³/mol. The number of aliphatic hydroxyl groups is 1. The fraction of sp³-hybridized carbons (Fsp3) is 0.115. The van der Waals surface area contributed by atoms with Crippen LogP contribution in [0.2, 0.25) is 5.02 Å². The third-order valence-corrected chi connectivity index (χ3v) is 7.06. The van der Waals surface area contributed by atoms with Crippen LogP contribution in [-0.4, -0.2) is 34.0 Å². The monoisotopic (exact) mass is 506 g/mol. The van der Waals surface area contributed by atoms with Gasteiger partial charge in [-0.05, 0) is 55.0 Å². The molecule has 0 aliphatic carbocycles. The number of hydrogen-bond acceptors (Lipinski definition) is 7. The van der Waals surface area contributed by atoms with E-state index >= 15 is 0 Å². The zero-order valence-corrected chi connectivity index (χ0v) is 20.2. The first-order chi connectivity index (χ1) is 16.8. The molecular formula is C26H19ClN2O5S. The second-order valence-corrected chi connectivity index (χ2v) is 9.52. The zero-order chi connectivity index (χ0) is 24.9. The lowest BCUT2D eigenvalue weighted by Crippen LogP contribution is -2.29. The topological polar surface area (TPSA) is 100.0 Å². The molecule has 5 rings (SSSR count). The van der Waals surface area contributed by atoms with Crippen molar-refractivity contribution < 1.29 is 24.5 Å². The van der Waals surface area contributed by atoms with Crippen molar-refractivity contribution in [1.82, 2.24) is 4.98 Å². The molecule has 1 aliphatic rings. The van der Waals surface area contributed by atoms with Gasteiger partial charge in [-0.25, -0.2) is 4.98 Å². The van der Waals surface area contributed by atoms with E-state index in [1.807, 2.05) is 13.0 Å². The molecular weight excluding hydrogens is 488 g/mol. The molecule has 0 radical (unpaired) electrons. The molecule has 0 bridgehead atoms. The van der Waals surface area contributed by atoms with E-state index in [4.69, 9.17) is 16.3 Å². The first-order valence-corrected chi connectivity index (χ1v) is 11.8.